The third-order valence-corrected chi connectivity index (χ3v) is 5.48. The molecule has 28 heavy (non-hydrogen) atoms. The van der Waals surface area contributed by atoms with E-state index < -0.39 is 11.9 Å². The Morgan fingerprint density at radius 1 is 1.29 bits per heavy atom. The number of hydrogen-bond acceptors (Lipinski definition) is 5. The SMILES string of the molecule is CC(C)c1ccc(-c2noc(CCC(=O)N3CCC[C@H](C(=O)O)[C@@H]3C)n2)cc1. The van der Waals surface area contributed by atoms with Crippen molar-refractivity contribution in [1.82, 2.24) is 15.0 Å². The van der Waals surface area contributed by atoms with Crippen LogP contribution in [0.2, 0.25) is 0 Å². The van der Waals surface area contributed by atoms with Crippen LogP contribution in [0.5, 0.6) is 0 Å². The molecule has 1 fully saturated rings. The van der Waals surface area contributed by atoms with Gasteiger partial charge in [-0.2, -0.15) is 4.98 Å². The van der Waals surface area contributed by atoms with Crippen molar-refractivity contribution in [3.8, 4) is 11.4 Å². The number of rotatable bonds is 6. The summed E-state index contributed by atoms with van der Waals surface area (Å²) in [5.41, 5.74) is 2.12. The first-order valence-corrected chi connectivity index (χ1v) is 9.82. The smallest absolute Gasteiger partial charge is 0.308 e. The Morgan fingerprint density at radius 3 is 2.64 bits per heavy atom. The molecule has 2 heterocycles. The molecule has 7 nitrogen and oxygen atoms in total. The molecule has 0 saturated carbocycles. The average Bonchev–Trinajstić information content (AvgIpc) is 3.15. The van der Waals surface area contributed by atoms with Crippen LogP contribution < -0.4 is 0 Å². The molecule has 1 aliphatic heterocycles. The number of aliphatic carboxylic acids is 1. The summed E-state index contributed by atoms with van der Waals surface area (Å²) in [6.07, 6.45) is 1.90. The van der Waals surface area contributed by atoms with E-state index in [4.69, 9.17) is 4.52 Å². The summed E-state index contributed by atoms with van der Waals surface area (Å²) >= 11 is 0. The lowest BCUT2D eigenvalue weighted by Gasteiger charge is -2.37. The molecular weight excluding hydrogens is 358 g/mol. The summed E-state index contributed by atoms with van der Waals surface area (Å²) < 4.78 is 5.29. The van der Waals surface area contributed by atoms with Crippen molar-refractivity contribution >= 4 is 11.9 Å². The lowest BCUT2D eigenvalue weighted by molar-refractivity contribution is -0.149. The van der Waals surface area contributed by atoms with Crippen molar-refractivity contribution in [3.63, 3.8) is 0 Å². The molecule has 1 N–H and O–H groups in total. The van der Waals surface area contributed by atoms with Crippen molar-refractivity contribution in [2.45, 2.75) is 58.4 Å². The molecule has 1 aliphatic rings. The zero-order valence-corrected chi connectivity index (χ0v) is 16.6. The van der Waals surface area contributed by atoms with Crippen LogP contribution in [-0.4, -0.2) is 44.6 Å². The summed E-state index contributed by atoms with van der Waals surface area (Å²) in [7, 11) is 0. The highest BCUT2D eigenvalue weighted by molar-refractivity contribution is 5.78. The fourth-order valence-electron chi connectivity index (χ4n) is 3.67. The molecule has 2 aromatic rings. The maximum Gasteiger partial charge on any atom is 0.308 e. The molecule has 1 aromatic heterocycles. The van der Waals surface area contributed by atoms with E-state index in [0.29, 0.717) is 43.4 Å². The van der Waals surface area contributed by atoms with Gasteiger partial charge in [0.25, 0.3) is 0 Å². The Kier molecular flexibility index (Phi) is 6.11. The largest absolute Gasteiger partial charge is 0.481 e. The maximum absolute atomic E-state index is 12.6. The number of nitrogens with zero attached hydrogens (tertiary/aromatic N) is 3. The fourth-order valence-corrected chi connectivity index (χ4v) is 3.67. The van der Waals surface area contributed by atoms with Crippen LogP contribution in [0.1, 0.15) is 57.4 Å². The first-order valence-electron chi connectivity index (χ1n) is 9.82. The van der Waals surface area contributed by atoms with Gasteiger partial charge >= 0.3 is 5.97 Å². The van der Waals surface area contributed by atoms with Gasteiger partial charge in [-0.25, -0.2) is 0 Å². The molecule has 2 atom stereocenters. The molecule has 150 valence electrons. The number of carbonyl (C=O) groups excluding carboxylic acids is 1. The molecule has 3 rings (SSSR count). The molecule has 0 unspecified atom stereocenters. The number of amides is 1. The van der Waals surface area contributed by atoms with Crippen LogP contribution in [0.25, 0.3) is 11.4 Å². The quantitative estimate of drug-likeness (QED) is 0.817. The van der Waals surface area contributed by atoms with Crippen molar-refractivity contribution < 1.29 is 19.2 Å². The molecule has 1 amide bonds. The maximum atomic E-state index is 12.6. The minimum absolute atomic E-state index is 0.0699. The van der Waals surface area contributed by atoms with Crippen LogP contribution in [0.3, 0.4) is 0 Å². The number of carboxylic acid groups (broad SMARTS) is 1. The summed E-state index contributed by atoms with van der Waals surface area (Å²) in [5.74, 6) is -0.0272. The molecule has 0 aliphatic carbocycles. The highest BCUT2D eigenvalue weighted by atomic mass is 16.5. The Bertz CT molecular complexity index is 828. The number of benzene rings is 1. The standard InChI is InChI=1S/C21H27N3O4/c1-13(2)15-6-8-16(9-7-15)20-22-18(28-23-20)10-11-19(25)24-12-4-5-17(14(24)3)21(26)27/h6-9,13-14,17H,4-5,10-12H2,1-3H3,(H,26,27)/t14-,17-/m0/s1. The van der Waals surface area contributed by atoms with Crippen LogP contribution in [0, 0.1) is 5.92 Å². The van der Waals surface area contributed by atoms with E-state index in [-0.39, 0.29) is 18.4 Å². The predicted octanol–water partition coefficient (Wildman–Crippen LogP) is 3.50. The van der Waals surface area contributed by atoms with E-state index in [2.05, 4.69) is 36.1 Å². The second-order valence-corrected chi connectivity index (χ2v) is 7.70. The van der Waals surface area contributed by atoms with E-state index in [1.54, 1.807) is 4.90 Å². The highest BCUT2D eigenvalue weighted by Gasteiger charge is 2.35. The lowest BCUT2D eigenvalue weighted by Crippen LogP contribution is -2.49. The second-order valence-electron chi connectivity index (χ2n) is 7.70. The van der Waals surface area contributed by atoms with Crippen LogP contribution in [0.15, 0.2) is 28.8 Å². The number of piperidine rings is 1. The molecule has 0 bridgehead atoms. The monoisotopic (exact) mass is 385 g/mol. The summed E-state index contributed by atoms with van der Waals surface area (Å²) in [6.45, 7) is 6.68. The van der Waals surface area contributed by atoms with Crippen LogP contribution >= 0.6 is 0 Å². The molecule has 1 aromatic carbocycles. The number of aromatic nitrogens is 2. The van der Waals surface area contributed by atoms with Gasteiger partial charge in [-0.15, -0.1) is 0 Å². The fraction of sp³-hybridized carbons (Fsp3) is 0.524. The topological polar surface area (TPSA) is 96.5 Å². The van der Waals surface area contributed by atoms with E-state index >= 15 is 0 Å². The number of carbonyl (C=O) groups is 2. The Hall–Kier alpha value is -2.70. The zero-order valence-electron chi connectivity index (χ0n) is 16.6. The van der Waals surface area contributed by atoms with Gasteiger partial charge in [0.15, 0.2) is 0 Å². The second kappa shape index (κ2) is 8.54. The minimum atomic E-state index is -0.838. The summed E-state index contributed by atoms with van der Waals surface area (Å²) in [6, 6.07) is 7.75. The van der Waals surface area contributed by atoms with Crippen molar-refractivity contribution in [3.05, 3.63) is 35.7 Å². The summed E-state index contributed by atoms with van der Waals surface area (Å²) in [5, 5.41) is 13.3. The number of likely N-dealkylation sites (tertiary alicyclic amines) is 1. The van der Waals surface area contributed by atoms with E-state index in [0.717, 1.165) is 5.56 Å². The molecular formula is C21H27N3O4. The highest BCUT2D eigenvalue weighted by Crippen LogP contribution is 2.25. The van der Waals surface area contributed by atoms with Gasteiger partial charge in [-0.05, 0) is 31.2 Å². The van der Waals surface area contributed by atoms with Gasteiger partial charge in [-0.3, -0.25) is 9.59 Å². The van der Waals surface area contributed by atoms with E-state index in [1.807, 2.05) is 19.1 Å². The third-order valence-electron chi connectivity index (χ3n) is 5.48. The van der Waals surface area contributed by atoms with Crippen molar-refractivity contribution in [2.24, 2.45) is 5.92 Å². The minimum Gasteiger partial charge on any atom is -0.481 e. The Balaban J connectivity index is 1.59. The average molecular weight is 385 g/mol. The summed E-state index contributed by atoms with van der Waals surface area (Å²) in [4.78, 5) is 30.0. The molecule has 7 heteroatoms. The van der Waals surface area contributed by atoms with Crippen molar-refractivity contribution in [1.29, 1.82) is 0 Å². The van der Waals surface area contributed by atoms with Gasteiger partial charge < -0.3 is 14.5 Å². The molecule has 1 saturated heterocycles. The van der Waals surface area contributed by atoms with Gasteiger partial charge in [0.1, 0.15) is 0 Å². The van der Waals surface area contributed by atoms with Gasteiger partial charge in [0.2, 0.25) is 17.6 Å². The first-order chi connectivity index (χ1) is 13.4. The Morgan fingerprint density at radius 2 is 2.00 bits per heavy atom. The molecule has 0 spiro atoms. The number of aryl methyl sites for hydroxylation is 1. The third kappa shape index (κ3) is 4.40. The lowest BCUT2D eigenvalue weighted by atomic mass is 9.90. The molecule has 0 radical (unpaired) electrons. The number of hydrogen-bond donors (Lipinski definition) is 1. The van der Waals surface area contributed by atoms with Gasteiger partial charge in [-0.1, -0.05) is 43.3 Å². The normalized spacial score (nSPS) is 19.8. The predicted molar refractivity (Wildman–Crippen MR) is 104 cm³/mol. The van der Waals surface area contributed by atoms with E-state index in [1.165, 1.54) is 5.56 Å². The first kappa shape index (κ1) is 20.0. The van der Waals surface area contributed by atoms with Gasteiger partial charge in [0.05, 0.1) is 5.92 Å². The van der Waals surface area contributed by atoms with Crippen LogP contribution in [-0.2, 0) is 16.0 Å². The van der Waals surface area contributed by atoms with Gasteiger partial charge in [0, 0.05) is 31.0 Å². The van der Waals surface area contributed by atoms with E-state index in [9.17, 15) is 14.7 Å². The zero-order chi connectivity index (χ0) is 20.3. The number of carboxylic acids is 1. The van der Waals surface area contributed by atoms with Crippen LogP contribution in [0.4, 0.5) is 0 Å². The Labute approximate surface area is 164 Å². The van der Waals surface area contributed by atoms with Crippen molar-refractivity contribution in [2.75, 3.05) is 6.54 Å².